The average Bonchev–Trinajstić information content (AvgIpc) is 3.35. The highest BCUT2D eigenvalue weighted by atomic mass is 16.5. The average molecular weight is 454 g/mol. The number of nitriles is 1. The number of rotatable bonds is 6. The number of benzene rings is 1. The highest BCUT2D eigenvalue weighted by Gasteiger charge is 2.13. The molecule has 0 atom stereocenters. The molecular formula is C26H27N7O. The molecule has 8 heteroatoms. The van der Waals surface area contributed by atoms with Crippen LogP contribution in [0.4, 0.5) is 11.6 Å². The number of hydrogen-bond donors (Lipinski definition) is 2. The number of fused-ring (bicyclic) bond motifs is 1. The van der Waals surface area contributed by atoms with E-state index >= 15 is 0 Å². The normalized spacial score (nSPS) is 11.7. The lowest BCUT2D eigenvalue weighted by molar-refractivity contribution is 0.411. The van der Waals surface area contributed by atoms with E-state index in [1.54, 1.807) is 43.0 Å². The first-order valence-corrected chi connectivity index (χ1v) is 11.0. The SMILES string of the molecule is C/C(=C\C(C)=C(/C)Oc1nc(Nc2ccc(C#N)cc2)nc2nc[nH]c12)c1ccncc1.CC. The number of anilines is 2. The fourth-order valence-electron chi connectivity index (χ4n) is 3.04. The molecule has 8 nitrogen and oxygen atoms in total. The zero-order valence-electron chi connectivity index (χ0n) is 19.9. The lowest BCUT2D eigenvalue weighted by Gasteiger charge is -2.11. The van der Waals surface area contributed by atoms with E-state index in [1.165, 1.54) is 0 Å². The summed E-state index contributed by atoms with van der Waals surface area (Å²) in [6, 6.07) is 13.1. The largest absolute Gasteiger partial charge is 0.441 e. The molecule has 0 amide bonds. The van der Waals surface area contributed by atoms with Crippen LogP contribution >= 0.6 is 0 Å². The number of ether oxygens (including phenoxy) is 1. The molecule has 0 aliphatic carbocycles. The summed E-state index contributed by atoms with van der Waals surface area (Å²) in [4.78, 5) is 20.3. The van der Waals surface area contributed by atoms with Crippen LogP contribution in [-0.2, 0) is 0 Å². The van der Waals surface area contributed by atoms with Gasteiger partial charge in [0.15, 0.2) is 5.65 Å². The maximum atomic E-state index is 8.96. The summed E-state index contributed by atoms with van der Waals surface area (Å²) in [6.45, 7) is 9.93. The maximum absolute atomic E-state index is 8.96. The van der Waals surface area contributed by atoms with Gasteiger partial charge in [0.1, 0.15) is 11.3 Å². The number of hydrogen-bond acceptors (Lipinski definition) is 7. The van der Waals surface area contributed by atoms with Gasteiger partial charge in [-0.1, -0.05) is 19.9 Å². The van der Waals surface area contributed by atoms with Crippen molar-refractivity contribution in [1.29, 1.82) is 5.26 Å². The Labute approximate surface area is 199 Å². The number of H-pyrrole nitrogens is 1. The highest BCUT2D eigenvalue weighted by Crippen LogP contribution is 2.26. The summed E-state index contributed by atoms with van der Waals surface area (Å²) in [6.07, 6.45) is 7.16. The van der Waals surface area contributed by atoms with Crippen LogP contribution < -0.4 is 10.1 Å². The van der Waals surface area contributed by atoms with Gasteiger partial charge in [0.25, 0.3) is 0 Å². The Bertz CT molecular complexity index is 1350. The fourth-order valence-corrected chi connectivity index (χ4v) is 3.04. The third-order valence-corrected chi connectivity index (χ3v) is 4.90. The summed E-state index contributed by atoms with van der Waals surface area (Å²) in [5.74, 6) is 1.42. The summed E-state index contributed by atoms with van der Waals surface area (Å²) in [5, 5.41) is 12.1. The first-order valence-electron chi connectivity index (χ1n) is 11.0. The third-order valence-electron chi connectivity index (χ3n) is 4.90. The zero-order chi connectivity index (χ0) is 24.5. The lowest BCUT2D eigenvalue weighted by atomic mass is 10.1. The van der Waals surface area contributed by atoms with Crippen molar-refractivity contribution in [2.75, 3.05) is 5.32 Å². The lowest BCUT2D eigenvalue weighted by Crippen LogP contribution is -2.02. The van der Waals surface area contributed by atoms with E-state index in [0.29, 0.717) is 34.3 Å². The van der Waals surface area contributed by atoms with E-state index < -0.39 is 0 Å². The van der Waals surface area contributed by atoms with Gasteiger partial charge in [0.05, 0.1) is 18.0 Å². The Morgan fingerprint density at radius 2 is 1.74 bits per heavy atom. The van der Waals surface area contributed by atoms with Crippen molar-refractivity contribution in [2.24, 2.45) is 0 Å². The topological polar surface area (TPSA) is 112 Å². The first kappa shape index (κ1) is 24.1. The van der Waals surface area contributed by atoms with Crippen molar-refractivity contribution in [1.82, 2.24) is 24.9 Å². The van der Waals surface area contributed by atoms with Gasteiger partial charge in [0, 0.05) is 18.1 Å². The first-order chi connectivity index (χ1) is 16.5. The standard InChI is InChI=1S/C24H21N7O.C2H6/c1-15(12-16(2)19-8-10-26-11-9-19)17(3)32-23-21-22(28-14-27-21)30-24(31-23)29-20-6-4-18(13-25)5-7-20;1-2/h4-12,14H,1-3H3,(H2,27,28,29,30,31);1-2H3/b16-12+,17-15+;. The van der Waals surface area contributed by atoms with Crippen LogP contribution in [0.3, 0.4) is 0 Å². The van der Waals surface area contributed by atoms with Crippen molar-refractivity contribution in [2.45, 2.75) is 34.6 Å². The summed E-state index contributed by atoms with van der Waals surface area (Å²) in [7, 11) is 0. The molecule has 2 N–H and O–H groups in total. The molecular weight excluding hydrogens is 426 g/mol. The molecule has 4 rings (SSSR count). The number of pyridine rings is 1. The van der Waals surface area contributed by atoms with E-state index in [0.717, 1.165) is 22.4 Å². The van der Waals surface area contributed by atoms with Gasteiger partial charge in [-0.15, -0.1) is 0 Å². The second-order valence-corrected chi connectivity index (χ2v) is 7.17. The van der Waals surface area contributed by atoms with E-state index in [9.17, 15) is 0 Å². The van der Waals surface area contributed by atoms with E-state index in [-0.39, 0.29) is 0 Å². The van der Waals surface area contributed by atoms with Gasteiger partial charge in [-0.05, 0) is 73.9 Å². The van der Waals surface area contributed by atoms with Gasteiger partial charge in [-0.25, -0.2) is 4.98 Å². The summed E-state index contributed by atoms with van der Waals surface area (Å²) < 4.78 is 6.12. The third kappa shape index (κ3) is 5.84. The molecule has 0 spiro atoms. The van der Waals surface area contributed by atoms with Crippen LogP contribution in [0.5, 0.6) is 5.88 Å². The van der Waals surface area contributed by atoms with Crippen LogP contribution in [-0.4, -0.2) is 24.9 Å². The predicted octanol–water partition coefficient (Wildman–Crippen LogP) is 6.17. The molecule has 0 aliphatic heterocycles. The second-order valence-electron chi connectivity index (χ2n) is 7.17. The molecule has 0 fully saturated rings. The van der Waals surface area contributed by atoms with Gasteiger partial charge in [-0.3, -0.25) is 4.98 Å². The van der Waals surface area contributed by atoms with Crippen LogP contribution in [0, 0.1) is 11.3 Å². The Hall–Kier alpha value is -4.51. The Kier molecular flexibility index (Phi) is 8.08. The molecule has 0 bridgehead atoms. The monoisotopic (exact) mass is 453 g/mol. The molecule has 0 unspecified atom stereocenters. The molecule has 0 aliphatic rings. The molecule has 3 heterocycles. The molecule has 1 aromatic carbocycles. The van der Waals surface area contributed by atoms with Gasteiger partial charge in [0.2, 0.25) is 11.8 Å². The van der Waals surface area contributed by atoms with Gasteiger partial charge < -0.3 is 15.0 Å². The second kappa shape index (κ2) is 11.4. The van der Waals surface area contributed by atoms with Gasteiger partial charge >= 0.3 is 0 Å². The smallest absolute Gasteiger partial charge is 0.250 e. The number of nitrogens with zero attached hydrogens (tertiary/aromatic N) is 5. The molecule has 4 aromatic rings. The summed E-state index contributed by atoms with van der Waals surface area (Å²) in [5.41, 5.74) is 5.59. The minimum absolute atomic E-state index is 0.346. The molecule has 0 saturated carbocycles. The van der Waals surface area contributed by atoms with Gasteiger partial charge in [-0.2, -0.15) is 15.2 Å². The number of nitrogens with one attached hydrogen (secondary N) is 2. The van der Waals surface area contributed by atoms with Crippen molar-refractivity contribution < 1.29 is 4.74 Å². The Morgan fingerprint density at radius 3 is 2.41 bits per heavy atom. The minimum Gasteiger partial charge on any atom is -0.441 e. The minimum atomic E-state index is 0.346. The van der Waals surface area contributed by atoms with E-state index in [2.05, 4.69) is 42.4 Å². The Morgan fingerprint density at radius 1 is 1.03 bits per heavy atom. The van der Waals surface area contributed by atoms with Crippen molar-refractivity contribution in [3.05, 3.63) is 83.7 Å². The fraction of sp³-hybridized carbons (Fsp3) is 0.192. The molecule has 34 heavy (non-hydrogen) atoms. The molecule has 0 radical (unpaired) electrons. The van der Waals surface area contributed by atoms with Crippen molar-refractivity contribution >= 4 is 28.4 Å². The predicted molar refractivity (Wildman–Crippen MR) is 134 cm³/mol. The molecule has 0 saturated heterocycles. The maximum Gasteiger partial charge on any atom is 0.250 e. The zero-order valence-corrected chi connectivity index (χ0v) is 19.9. The molecule has 172 valence electrons. The van der Waals surface area contributed by atoms with E-state index in [4.69, 9.17) is 10.00 Å². The van der Waals surface area contributed by atoms with Crippen molar-refractivity contribution in [3.8, 4) is 11.9 Å². The van der Waals surface area contributed by atoms with Crippen molar-refractivity contribution in [3.63, 3.8) is 0 Å². The summed E-state index contributed by atoms with van der Waals surface area (Å²) >= 11 is 0. The van der Waals surface area contributed by atoms with E-state index in [1.807, 2.05) is 46.8 Å². The Balaban J connectivity index is 0.00000158. The number of aromatic nitrogens is 5. The van der Waals surface area contributed by atoms with Crippen LogP contribution in [0.1, 0.15) is 45.7 Å². The van der Waals surface area contributed by atoms with Crippen LogP contribution in [0.15, 0.2) is 72.5 Å². The van der Waals surface area contributed by atoms with Crippen LogP contribution in [0.25, 0.3) is 16.7 Å². The molecule has 3 aromatic heterocycles. The number of imidazole rings is 1. The quantitative estimate of drug-likeness (QED) is 0.265. The highest BCUT2D eigenvalue weighted by molar-refractivity contribution is 5.78. The number of aromatic amines is 1. The number of allylic oxidation sites excluding steroid dienone is 4. The van der Waals surface area contributed by atoms with Crippen LogP contribution in [0.2, 0.25) is 0 Å².